The van der Waals surface area contributed by atoms with Crippen LogP contribution >= 0.6 is 0 Å². The number of hydrogen-bond acceptors (Lipinski definition) is 4. The van der Waals surface area contributed by atoms with Gasteiger partial charge in [0, 0.05) is 0 Å². The average molecular weight is 375 g/mol. The number of benzene rings is 3. The van der Waals surface area contributed by atoms with Gasteiger partial charge in [-0.2, -0.15) is 0 Å². The van der Waals surface area contributed by atoms with Crippen LogP contribution in [0, 0.1) is 0 Å². The van der Waals surface area contributed by atoms with Crippen molar-refractivity contribution < 1.29 is 14.3 Å². The molecule has 4 heteroatoms. The average Bonchev–Trinajstić information content (AvgIpc) is 2.77. The summed E-state index contributed by atoms with van der Waals surface area (Å²) >= 11 is 0. The lowest BCUT2D eigenvalue weighted by Gasteiger charge is -2.26. The van der Waals surface area contributed by atoms with Gasteiger partial charge < -0.3 is 15.2 Å². The lowest BCUT2D eigenvalue weighted by Crippen LogP contribution is -2.43. The van der Waals surface area contributed by atoms with Gasteiger partial charge >= 0.3 is 5.97 Å². The molecular weight excluding hydrogens is 350 g/mol. The first-order chi connectivity index (χ1) is 13.6. The third-order valence-corrected chi connectivity index (χ3v) is 4.56. The van der Waals surface area contributed by atoms with Gasteiger partial charge in [-0.05, 0) is 23.6 Å². The first kappa shape index (κ1) is 19.8. The van der Waals surface area contributed by atoms with Crippen LogP contribution in [0.5, 0.6) is 0 Å². The molecule has 0 unspecified atom stereocenters. The van der Waals surface area contributed by atoms with Gasteiger partial charge in [-0.15, -0.1) is 0 Å². The largest absolute Gasteiger partial charge is 0.460 e. The van der Waals surface area contributed by atoms with E-state index >= 15 is 0 Å². The zero-order chi connectivity index (χ0) is 19.8. The molecule has 3 aromatic rings. The Balaban J connectivity index is 1.67. The summed E-state index contributed by atoms with van der Waals surface area (Å²) in [5, 5.41) is 0. The van der Waals surface area contributed by atoms with Gasteiger partial charge in [0.2, 0.25) is 0 Å². The standard InChI is InChI=1S/C24H25NO3/c1-18(22(25)24(26)27-17-19-11-5-2-6-12-19)28-23(20-13-7-3-8-14-20)21-15-9-4-10-16-21/h2-16,18,22-23H,17,25H2,1H3/t18-,22-/m0/s1. The van der Waals surface area contributed by atoms with E-state index in [4.69, 9.17) is 15.2 Å². The molecule has 2 atom stereocenters. The molecule has 0 amide bonds. The Morgan fingerprint density at radius 2 is 1.29 bits per heavy atom. The predicted octanol–water partition coefficient (Wildman–Crippen LogP) is 4.25. The third-order valence-electron chi connectivity index (χ3n) is 4.56. The van der Waals surface area contributed by atoms with Crippen molar-refractivity contribution in [2.45, 2.75) is 31.8 Å². The molecule has 0 saturated carbocycles. The zero-order valence-corrected chi connectivity index (χ0v) is 15.9. The van der Waals surface area contributed by atoms with Crippen molar-refractivity contribution in [2.24, 2.45) is 5.73 Å². The van der Waals surface area contributed by atoms with Gasteiger partial charge in [-0.3, -0.25) is 4.79 Å². The van der Waals surface area contributed by atoms with Crippen LogP contribution in [0.4, 0.5) is 0 Å². The summed E-state index contributed by atoms with van der Waals surface area (Å²) in [6, 6.07) is 28.4. The van der Waals surface area contributed by atoms with Crippen molar-refractivity contribution in [1.82, 2.24) is 0 Å². The van der Waals surface area contributed by atoms with Crippen molar-refractivity contribution in [3.63, 3.8) is 0 Å². The summed E-state index contributed by atoms with van der Waals surface area (Å²) < 4.78 is 11.6. The van der Waals surface area contributed by atoms with Gasteiger partial charge in [0.05, 0.1) is 6.10 Å². The van der Waals surface area contributed by atoms with E-state index in [-0.39, 0.29) is 12.7 Å². The molecule has 4 nitrogen and oxygen atoms in total. The normalized spacial score (nSPS) is 13.1. The molecule has 0 fully saturated rings. The second kappa shape index (κ2) is 9.83. The van der Waals surface area contributed by atoms with Crippen LogP contribution in [0.25, 0.3) is 0 Å². The fraction of sp³-hybridized carbons (Fsp3) is 0.208. The zero-order valence-electron chi connectivity index (χ0n) is 15.9. The van der Waals surface area contributed by atoms with E-state index in [0.29, 0.717) is 0 Å². The van der Waals surface area contributed by atoms with Crippen LogP contribution in [0.15, 0.2) is 91.0 Å². The molecule has 0 bridgehead atoms. The summed E-state index contributed by atoms with van der Waals surface area (Å²) in [6.07, 6.45) is -0.834. The first-order valence-electron chi connectivity index (χ1n) is 9.36. The van der Waals surface area contributed by atoms with E-state index in [1.807, 2.05) is 91.0 Å². The molecule has 0 spiro atoms. The molecule has 0 saturated heterocycles. The van der Waals surface area contributed by atoms with Gasteiger partial charge in [0.25, 0.3) is 0 Å². The smallest absolute Gasteiger partial charge is 0.325 e. The van der Waals surface area contributed by atoms with Crippen molar-refractivity contribution in [1.29, 1.82) is 0 Å². The minimum absolute atomic E-state index is 0.195. The Kier molecular flexibility index (Phi) is 6.95. The maximum absolute atomic E-state index is 12.4. The SMILES string of the molecule is C[C@H](OC(c1ccccc1)c1ccccc1)[C@H](N)C(=O)OCc1ccccc1. The summed E-state index contributed by atoms with van der Waals surface area (Å²) in [4.78, 5) is 12.4. The lowest BCUT2D eigenvalue weighted by atomic mass is 10.0. The Hall–Kier alpha value is -2.95. The number of carbonyl (C=O) groups excluding carboxylic acids is 1. The Morgan fingerprint density at radius 3 is 1.79 bits per heavy atom. The molecule has 0 radical (unpaired) electrons. The van der Waals surface area contributed by atoms with E-state index in [0.717, 1.165) is 16.7 Å². The Morgan fingerprint density at radius 1 is 0.821 bits per heavy atom. The summed E-state index contributed by atoms with van der Waals surface area (Å²) in [7, 11) is 0. The fourth-order valence-electron chi connectivity index (χ4n) is 2.92. The highest BCUT2D eigenvalue weighted by Gasteiger charge is 2.27. The van der Waals surface area contributed by atoms with Crippen LogP contribution < -0.4 is 5.73 Å². The van der Waals surface area contributed by atoms with Crippen molar-refractivity contribution >= 4 is 5.97 Å². The molecule has 28 heavy (non-hydrogen) atoms. The van der Waals surface area contributed by atoms with Gasteiger partial charge in [-0.25, -0.2) is 0 Å². The quantitative estimate of drug-likeness (QED) is 0.598. The van der Waals surface area contributed by atoms with Crippen LogP contribution in [0.1, 0.15) is 29.7 Å². The molecule has 3 rings (SSSR count). The van der Waals surface area contributed by atoms with E-state index in [1.54, 1.807) is 6.92 Å². The molecular formula is C24H25NO3. The number of rotatable bonds is 8. The maximum Gasteiger partial charge on any atom is 0.325 e. The summed E-state index contributed by atoms with van der Waals surface area (Å²) in [6.45, 7) is 1.99. The van der Waals surface area contributed by atoms with Crippen molar-refractivity contribution in [3.05, 3.63) is 108 Å². The molecule has 0 heterocycles. The highest BCUT2D eigenvalue weighted by atomic mass is 16.5. The third kappa shape index (κ3) is 5.28. The minimum Gasteiger partial charge on any atom is -0.460 e. The number of esters is 1. The second-order valence-electron chi connectivity index (χ2n) is 6.66. The van der Waals surface area contributed by atoms with Crippen LogP contribution in [-0.4, -0.2) is 18.1 Å². The van der Waals surface area contributed by atoms with Crippen molar-refractivity contribution in [3.8, 4) is 0 Å². The van der Waals surface area contributed by atoms with Crippen molar-refractivity contribution in [2.75, 3.05) is 0 Å². The monoisotopic (exact) mass is 375 g/mol. The van der Waals surface area contributed by atoms with Crippen LogP contribution in [-0.2, 0) is 20.9 Å². The molecule has 0 aliphatic rings. The Labute approximate surface area is 165 Å². The predicted molar refractivity (Wildman–Crippen MR) is 109 cm³/mol. The molecule has 0 aliphatic carbocycles. The molecule has 0 aliphatic heterocycles. The fourth-order valence-corrected chi connectivity index (χ4v) is 2.92. The van der Waals surface area contributed by atoms with Gasteiger partial charge in [0.1, 0.15) is 18.8 Å². The summed E-state index contributed by atoms with van der Waals surface area (Å²) in [5.41, 5.74) is 9.06. The van der Waals surface area contributed by atoms with Gasteiger partial charge in [0.15, 0.2) is 0 Å². The summed E-state index contributed by atoms with van der Waals surface area (Å²) in [5.74, 6) is -0.476. The topological polar surface area (TPSA) is 61.5 Å². The van der Waals surface area contributed by atoms with E-state index in [2.05, 4.69) is 0 Å². The second-order valence-corrected chi connectivity index (χ2v) is 6.66. The Bertz CT molecular complexity index is 813. The number of carbonyl (C=O) groups is 1. The maximum atomic E-state index is 12.4. The highest BCUT2D eigenvalue weighted by molar-refractivity contribution is 5.76. The minimum atomic E-state index is -0.876. The molecule has 144 valence electrons. The number of hydrogen-bond donors (Lipinski definition) is 1. The highest BCUT2D eigenvalue weighted by Crippen LogP contribution is 2.27. The number of ether oxygens (including phenoxy) is 2. The lowest BCUT2D eigenvalue weighted by molar-refractivity contribution is -0.151. The van der Waals surface area contributed by atoms with E-state index < -0.39 is 18.1 Å². The first-order valence-corrected chi connectivity index (χ1v) is 9.36. The molecule has 2 N–H and O–H groups in total. The molecule has 3 aromatic carbocycles. The van der Waals surface area contributed by atoms with Gasteiger partial charge in [-0.1, -0.05) is 91.0 Å². The number of nitrogens with two attached hydrogens (primary N) is 1. The van der Waals surface area contributed by atoms with E-state index in [9.17, 15) is 4.79 Å². The van der Waals surface area contributed by atoms with E-state index in [1.165, 1.54) is 0 Å². The van der Waals surface area contributed by atoms with Crippen LogP contribution in [0.3, 0.4) is 0 Å². The molecule has 0 aromatic heterocycles. The van der Waals surface area contributed by atoms with Crippen LogP contribution in [0.2, 0.25) is 0 Å².